The number of halogens is 1. The molecule has 0 spiro atoms. The predicted octanol–water partition coefficient (Wildman–Crippen LogP) is 5.31. The molecule has 17 heavy (non-hydrogen) atoms. The fourth-order valence-electron chi connectivity index (χ4n) is 2.62. The molecule has 1 nitrogen and oxygen atoms in total. The van der Waals surface area contributed by atoms with Crippen molar-refractivity contribution in [2.24, 2.45) is 0 Å². The fraction of sp³-hybridized carbons (Fsp3) is 0.857. The number of hydrogen-bond acceptors (Lipinski definition) is 1. The van der Waals surface area contributed by atoms with Crippen LogP contribution in [-0.2, 0) is 4.74 Å². The van der Waals surface area contributed by atoms with Gasteiger partial charge in [-0.15, -0.1) is 0 Å². The van der Waals surface area contributed by atoms with Crippen LogP contribution in [0.3, 0.4) is 0 Å². The second kappa shape index (κ2) is 6.71. The molecule has 1 heterocycles. The van der Waals surface area contributed by atoms with Crippen molar-refractivity contribution in [2.75, 3.05) is 0 Å². The van der Waals surface area contributed by atoms with Crippen molar-refractivity contribution in [1.82, 2.24) is 0 Å². The van der Waals surface area contributed by atoms with Crippen molar-refractivity contribution < 1.29 is 4.74 Å². The van der Waals surface area contributed by atoms with E-state index in [2.05, 4.69) is 56.1 Å². The quantitative estimate of drug-likeness (QED) is 0.364. The van der Waals surface area contributed by atoms with Crippen LogP contribution >= 0.6 is 22.6 Å². The number of unbranched alkanes of at least 4 members (excludes halogenated alkanes) is 2. The third kappa shape index (κ3) is 4.67. The number of rotatable bonds is 5. The summed E-state index contributed by atoms with van der Waals surface area (Å²) in [7, 11) is -1.23. The highest BCUT2D eigenvalue weighted by molar-refractivity contribution is 14.1. The molecule has 100 valence electrons. The first-order chi connectivity index (χ1) is 7.86. The summed E-state index contributed by atoms with van der Waals surface area (Å²) in [4.78, 5) is 0. The molecule has 2 atom stereocenters. The summed E-state index contributed by atoms with van der Waals surface area (Å²) >= 11 is 2.57. The first kappa shape index (κ1) is 15.7. The van der Waals surface area contributed by atoms with Gasteiger partial charge in [-0.3, -0.25) is 0 Å². The summed E-state index contributed by atoms with van der Waals surface area (Å²) in [5.74, 6) is 0. The molecular weight excluding hydrogens is 339 g/mol. The number of hydrogen-bond donors (Lipinski definition) is 0. The Balaban J connectivity index is 2.80. The molecule has 0 aromatic heterocycles. The Morgan fingerprint density at radius 3 is 2.47 bits per heavy atom. The van der Waals surface area contributed by atoms with Gasteiger partial charge in [0.1, 0.15) is 0 Å². The average Bonchev–Trinajstić information content (AvgIpc) is 2.14. The second-order valence-electron chi connectivity index (χ2n) is 6.20. The summed E-state index contributed by atoms with van der Waals surface area (Å²) in [6.07, 6.45) is 7.13. The molecule has 1 rings (SSSR count). The van der Waals surface area contributed by atoms with Crippen LogP contribution in [0.2, 0.25) is 19.6 Å². The van der Waals surface area contributed by atoms with Crippen molar-refractivity contribution in [3.63, 3.8) is 0 Å². The second-order valence-corrected chi connectivity index (χ2v) is 12.5. The van der Waals surface area contributed by atoms with Gasteiger partial charge in [0.25, 0.3) is 0 Å². The maximum atomic E-state index is 6.21. The Hall–Kier alpha value is 0.647. The topological polar surface area (TPSA) is 9.23 Å². The molecule has 0 fully saturated rings. The SMILES string of the molecule is CCCCC[C@H]1O[C@@H](C)CC(I)=C1[Si](C)(C)C. The predicted molar refractivity (Wildman–Crippen MR) is 87.5 cm³/mol. The number of ether oxygens (including phenoxy) is 1. The van der Waals surface area contributed by atoms with Crippen molar-refractivity contribution in [3.8, 4) is 0 Å². The van der Waals surface area contributed by atoms with Gasteiger partial charge in [0, 0.05) is 6.42 Å². The van der Waals surface area contributed by atoms with Crippen molar-refractivity contribution in [1.29, 1.82) is 0 Å². The third-order valence-corrected chi connectivity index (χ3v) is 7.13. The van der Waals surface area contributed by atoms with Gasteiger partial charge in [-0.05, 0) is 44.7 Å². The van der Waals surface area contributed by atoms with Gasteiger partial charge in [-0.2, -0.15) is 0 Å². The highest BCUT2D eigenvalue weighted by Crippen LogP contribution is 2.37. The van der Waals surface area contributed by atoms with Gasteiger partial charge in [0.05, 0.1) is 20.3 Å². The van der Waals surface area contributed by atoms with Crippen LogP contribution in [0.25, 0.3) is 0 Å². The van der Waals surface area contributed by atoms with Gasteiger partial charge in [-0.1, -0.05) is 45.8 Å². The lowest BCUT2D eigenvalue weighted by Crippen LogP contribution is -2.39. The smallest absolute Gasteiger partial charge is 0.0767 e. The molecule has 0 saturated carbocycles. The lowest BCUT2D eigenvalue weighted by atomic mass is 10.1. The maximum Gasteiger partial charge on any atom is 0.0767 e. The summed E-state index contributed by atoms with van der Waals surface area (Å²) in [5, 5.41) is 1.69. The zero-order chi connectivity index (χ0) is 13.1. The highest BCUT2D eigenvalue weighted by Gasteiger charge is 2.34. The summed E-state index contributed by atoms with van der Waals surface area (Å²) < 4.78 is 7.81. The van der Waals surface area contributed by atoms with Gasteiger partial charge in [0.2, 0.25) is 0 Å². The summed E-state index contributed by atoms with van der Waals surface area (Å²) in [6.45, 7) is 11.8. The van der Waals surface area contributed by atoms with E-state index in [4.69, 9.17) is 4.74 Å². The molecular formula is C14H27IOSi. The maximum absolute atomic E-state index is 6.21. The van der Waals surface area contributed by atoms with E-state index in [1.54, 1.807) is 8.78 Å². The molecule has 1 aliphatic rings. The van der Waals surface area contributed by atoms with Crippen LogP contribution in [0.5, 0.6) is 0 Å². The Morgan fingerprint density at radius 2 is 1.94 bits per heavy atom. The Morgan fingerprint density at radius 1 is 1.29 bits per heavy atom. The van der Waals surface area contributed by atoms with Crippen LogP contribution in [0.4, 0.5) is 0 Å². The van der Waals surface area contributed by atoms with Gasteiger partial charge in [-0.25, -0.2) is 0 Å². The standard InChI is InChI=1S/C14H27IOSi/c1-6-7-8-9-13-14(17(3,4)5)12(15)10-11(2)16-13/h11,13H,6-10H2,1-5H3/t11-,13+/m0/s1. The molecule has 0 radical (unpaired) electrons. The van der Waals surface area contributed by atoms with Crippen molar-refractivity contribution in [3.05, 3.63) is 8.78 Å². The minimum atomic E-state index is -1.23. The zero-order valence-electron chi connectivity index (χ0n) is 12.0. The van der Waals surface area contributed by atoms with E-state index in [0.29, 0.717) is 12.2 Å². The van der Waals surface area contributed by atoms with Crippen LogP contribution in [0, 0.1) is 0 Å². The molecule has 0 saturated heterocycles. The van der Waals surface area contributed by atoms with E-state index in [1.165, 1.54) is 25.7 Å². The minimum Gasteiger partial charge on any atom is -0.371 e. The van der Waals surface area contributed by atoms with Crippen LogP contribution in [0.1, 0.15) is 46.0 Å². The summed E-state index contributed by atoms with van der Waals surface area (Å²) in [6, 6.07) is 0. The Labute approximate surface area is 122 Å². The lowest BCUT2D eigenvalue weighted by Gasteiger charge is -2.37. The largest absolute Gasteiger partial charge is 0.371 e. The normalized spacial score (nSPS) is 26.5. The molecule has 0 unspecified atom stereocenters. The van der Waals surface area contributed by atoms with Crippen LogP contribution in [-0.4, -0.2) is 20.3 Å². The summed E-state index contributed by atoms with van der Waals surface area (Å²) in [5.41, 5.74) is 0. The minimum absolute atomic E-state index is 0.411. The monoisotopic (exact) mass is 366 g/mol. The van der Waals surface area contributed by atoms with E-state index in [0.717, 1.165) is 6.42 Å². The van der Waals surface area contributed by atoms with Crippen molar-refractivity contribution in [2.45, 2.75) is 77.8 Å². The lowest BCUT2D eigenvalue weighted by molar-refractivity contribution is 0.00799. The first-order valence-electron chi connectivity index (χ1n) is 6.90. The van der Waals surface area contributed by atoms with Crippen LogP contribution in [0.15, 0.2) is 8.78 Å². The van der Waals surface area contributed by atoms with E-state index in [9.17, 15) is 0 Å². The molecule has 0 aromatic rings. The van der Waals surface area contributed by atoms with E-state index in [-0.39, 0.29) is 0 Å². The molecule has 1 aliphatic heterocycles. The average molecular weight is 366 g/mol. The van der Waals surface area contributed by atoms with Crippen molar-refractivity contribution >= 4 is 30.7 Å². The Kier molecular flexibility index (Phi) is 6.20. The van der Waals surface area contributed by atoms with Gasteiger partial charge in [0.15, 0.2) is 0 Å². The highest BCUT2D eigenvalue weighted by atomic mass is 127. The third-order valence-electron chi connectivity index (χ3n) is 3.36. The first-order valence-corrected chi connectivity index (χ1v) is 11.5. The van der Waals surface area contributed by atoms with Gasteiger partial charge >= 0.3 is 0 Å². The van der Waals surface area contributed by atoms with E-state index >= 15 is 0 Å². The van der Waals surface area contributed by atoms with E-state index < -0.39 is 8.07 Å². The molecule has 0 N–H and O–H groups in total. The molecule has 0 aromatic carbocycles. The Bertz CT molecular complexity index is 280. The molecule has 0 amide bonds. The van der Waals surface area contributed by atoms with Crippen LogP contribution < -0.4 is 0 Å². The van der Waals surface area contributed by atoms with Gasteiger partial charge < -0.3 is 4.74 Å². The molecule has 0 aliphatic carbocycles. The fourth-order valence-corrected chi connectivity index (χ4v) is 8.10. The molecule has 3 heteroatoms. The molecule has 0 bridgehead atoms. The zero-order valence-corrected chi connectivity index (χ0v) is 15.1. The van der Waals surface area contributed by atoms with E-state index in [1.807, 2.05) is 0 Å².